The van der Waals surface area contributed by atoms with E-state index in [9.17, 15) is 18.0 Å². The van der Waals surface area contributed by atoms with Crippen LogP contribution in [0.5, 0.6) is 5.75 Å². The molecule has 1 aromatic rings. The predicted octanol–water partition coefficient (Wildman–Crippen LogP) is 2.20. The summed E-state index contributed by atoms with van der Waals surface area (Å²) in [6, 6.07) is 4.31. The fraction of sp³-hybridized carbons (Fsp3) is 0.556. The van der Waals surface area contributed by atoms with Gasteiger partial charge in [-0.3, -0.25) is 9.59 Å². The summed E-state index contributed by atoms with van der Waals surface area (Å²) in [5, 5.41) is 2.55. The molecule has 0 aromatic heterocycles. The first-order valence-corrected chi connectivity index (χ1v) is 10.3. The molecule has 1 aromatic carbocycles. The Morgan fingerprint density at radius 1 is 1.07 bits per heavy atom. The van der Waals surface area contributed by atoms with Crippen LogP contribution in [-0.4, -0.2) is 40.1 Å². The van der Waals surface area contributed by atoms with Crippen molar-refractivity contribution in [2.75, 3.05) is 19.5 Å². The van der Waals surface area contributed by atoms with Crippen LogP contribution in [0.3, 0.4) is 0 Å². The average Bonchev–Trinajstić information content (AvgIpc) is 2.86. The summed E-state index contributed by atoms with van der Waals surface area (Å²) >= 11 is 0. The van der Waals surface area contributed by atoms with E-state index < -0.39 is 21.5 Å². The molecule has 1 aliphatic carbocycles. The molecule has 0 bridgehead atoms. The Labute approximate surface area is 159 Å². The molecule has 1 fully saturated rings. The molecular weight excluding hydrogens is 372 g/mol. The number of rotatable bonds is 6. The van der Waals surface area contributed by atoms with Gasteiger partial charge in [0.15, 0.2) is 0 Å². The van der Waals surface area contributed by atoms with Crippen molar-refractivity contribution < 1.29 is 27.5 Å². The number of hydrogen-bond acceptors (Lipinski definition) is 6. The zero-order chi connectivity index (χ0) is 20.1. The predicted molar refractivity (Wildman–Crippen MR) is 100 cm³/mol. The first-order valence-electron chi connectivity index (χ1n) is 8.82. The molecule has 0 heterocycles. The molecule has 9 heteroatoms. The lowest BCUT2D eigenvalue weighted by Gasteiger charge is -2.30. The number of carbonyl (C=O) groups is 2. The summed E-state index contributed by atoms with van der Waals surface area (Å²) in [6.45, 7) is 1.33. The summed E-state index contributed by atoms with van der Waals surface area (Å²) in [5.74, 6) is -0.804. The molecule has 8 nitrogen and oxygen atoms in total. The molecular formula is C18H26N2O6S. The Balaban J connectivity index is 2.46. The van der Waals surface area contributed by atoms with E-state index in [1.54, 1.807) is 6.07 Å². The van der Waals surface area contributed by atoms with Gasteiger partial charge in [0, 0.05) is 12.6 Å². The number of esters is 1. The van der Waals surface area contributed by atoms with E-state index in [1.165, 1.54) is 33.3 Å². The minimum atomic E-state index is -4.12. The number of benzene rings is 1. The van der Waals surface area contributed by atoms with Gasteiger partial charge in [-0.05, 0) is 31.0 Å². The standard InChI is InChI=1S/C18H26N2O6S/c1-13(21)19-14-8-9-15(25-2)16(12-14)27(23,24)20-18(17(22)26-3)10-6-4-5-7-11-18/h8-9,12,20H,4-7,10-11H2,1-3H3,(H,19,21). The second-order valence-corrected chi connectivity index (χ2v) is 8.29. The second-order valence-electron chi connectivity index (χ2n) is 6.64. The first-order chi connectivity index (χ1) is 12.7. The Morgan fingerprint density at radius 3 is 2.22 bits per heavy atom. The lowest BCUT2D eigenvalue weighted by Crippen LogP contribution is -2.54. The summed E-state index contributed by atoms with van der Waals surface area (Å²) < 4.78 is 39.0. The molecule has 1 amide bonds. The van der Waals surface area contributed by atoms with Crippen molar-refractivity contribution in [2.24, 2.45) is 0 Å². The van der Waals surface area contributed by atoms with Crippen LogP contribution in [0.4, 0.5) is 5.69 Å². The summed E-state index contributed by atoms with van der Waals surface area (Å²) in [7, 11) is -1.51. The lowest BCUT2D eigenvalue weighted by molar-refractivity contribution is -0.148. The number of hydrogen-bond donors (Lipinski definition) is 2. The van der Waals surface area contributed by atoms with E-state index in [-0.39, 0.29) is 16.6 Å². The van der Waals surface area contributed by atoms with Gasteiger partial charge >= 0.3 is 5.97 Å². The third kappa shape index (κ3) is 4.98. The maximum Gasteiger partial charge on any atom is 0.327 e. The van der Waals surface area contributed by atoms with Crippen molar-refractivity contribution in [3.63, 3.8) is 0 Å². The molecule has 0 radical (unpaired) electrons. The number of nitrogens with one attached hydrogen (secondary N) is 2. The van der Waals surface area contributed by atoms with Crippen molar-refractivity contribution in [1.29, 1.82) is 0 Å². The quantitative estimate of drug-likeness (QED) is 0.561. The topological polar surface area (TPSA) is 111 Å². The zero-order valence-corrected chi connectivity index (χ0v) is 16.6. The number of sulfonamides is 1. The van der Waals surface area contributed by atoms with E-state index in [0.29, 0.717) is 18.5 Å². The van der Waals surface area contributed by atoms with Gasteiger partial charge < -0.3 is 14.8 Å². The van der Waals surface area contributed by atoms with Crippen molar-refractivity contribution in [3.05, 3.63) is 18.2 Å². The maximum atomic E-state index is 13.1. The zero-order valence-electron chi connectivity index (χ0n) is 15.8. The SMILES string of the molecule is COC(=O)C1(NS(=O)(=O)c2cc(NC(C)=O)ccc2OC)CCCCCC1. The van der Waals surface area contributed by atoms with E-state index in [1.807, 2.05) is 0 Å². The molecule has 0 spiro atoms. The largest absolute Gasteiger partial charge is 0.495 e. The molecule has 0 aliphatic heterocycles. The molecule has 0 saturated heterocycles. The van der Waals surface area contributed by atoms with Gasteiger partial charge in [-0.1, -0.05) is 25.7 Å². The third-order valence-corrected chi connectivity index (χ3v) is 6.19. The monoisotopic (exact) mass is 398 g/mol. The maximum absolute atomic E-state index is 13.1. The van der Waals surface area contributed by atoms with Gasteiger partial charge in [-0.25, -0.2) is 8.42 Å². The van der Waals surface area contributed by atoms with Crippen molar-refractivity contribution in [2.45, 2.75) is 55.9 Å². The summed E-state index contributed by atoms with van der Waals surface area (Å²) in [4.78, 5) is 23.6. The highest BCUT2D eigenvalue weighted by Crippen LogP contribution is 2.33. The van der Waals surface area contributed by atoms with Crippen LogP contribution in [0.2, 0.25) is 0 Å². The van der Waals surface area contributed by atoms with Crippen LogP contribution in [-0.2, 0) is 24.3 Å². The Hall–Kier alpha value is -2.13. The second kappa shape index (κ2) is 8.71. The van der Waals surface area contributed by atoms with Gasteiger partial charge in [0.2, 0.25) is 15.9 Å². The molecule has 0 atom stereocenters. The number of carbonyl (C=O) groups excluding carboxylic acids is 2. The van der Waals surface area contributed by atoms with Gasteiger partial charge in [-0.2, -0.15) is 4.72 Å². The highest BCUT2D eigenvalue weighted by molar-refractivity contribution is 7.89. The number of ether oxygens (including phenoxy) is 2. The van der Waals surface area contributed by atoms with E-state index in [0.717, 1.165) is 25.7 Å². The van der Waals surface area contributed by atoms with Crippen molar-refractivity contribution >= 4 is 27.6 Å². The van der Waals surface area contributed by atoms with Crippen molar-refractivity contribution in [3.8, 4) is 5.75 Å². The van der Waals surface area contributed by atoms with E-state index >= 15 is 0 Å². The van der Waals surface area contributed by atoms with Gasteiger partial charge in [-0.15, -0.1) is 0 Å². The van der Waals surface area contributed by atoms with Crippen LogP contribution >= 0.6 is 0 Å². The Morgan fingerprint density at radius 2 is 1.70 bits per heavy atom. The smallest absolute Gasteiger partial charge is 0.327 e. The molecule has 1 aliphatic rings. The van der Waals surface area contributed by atoms with E-state index in [2.05, 4.69) is 10.0 Å². The first kappa shape index (κ1) is 21.2. The molecule has 2 N–H and O–H groups in total. The van der Waals surface area contributed by atoms with Crippen LogP contribution in [0.15, 0.2) is 23.1 Å². The summed E-state index contributed by atoms with van der Waals surface area (Å²) in [5.41, 5.74) is -0.990. The average molecular weight is 398 g/mol. The summed E-state index contributed by atoms with van der Waals surface area (Å²) in [6.07, 6.45) is 4.05. The van der Waals surface area contributed by atoms with Gasteiger partial charge in [0.05, 0.1) is 14.2 Å². The van der Waals surface area contributed by atoms with E-state index in [4.69, 9.17) is 9.47 Å². The molecule has 1 saturated carbocycles. The fourth-order valence-electron chi connectivity index (χ4n) is 3.36. The molecule has 2 rings (SSSR count). The number of methoxy groups -OCH3 is 2. The molecule has 0 unspecified atom stereocenters. The number of anilines is 1. The van der Waals surface area contributed by atoms with Crippen LogP contribution < -0.4 is 14.8 Å². The van der Waals surface area contributed by atoms with Crippen LogP contribution in [0.25, 0.3) is 0 Å². The number of amides is 1. The minimum Gasteiger partial charge on any atom is -0.495 e. The Bertz CT molecular complexity index is 798. The Kier molecular flexibility index (Phi) is 6.83. The van der Waals surface area contributed by atoms with Crippen LogP contribution in [0.1, 0.15) is 45.4 Å². The fourth-order valence-corrected chi connectivity index (χ4v) is 4.97. The highest BCUT2D eigenvalue weighted by atomic mass is 32.2. The van der Waals surface area contributed by atoms with Crippen molar-refractivity contribution in [1.82, 2.24) is 4.72 Å². The third-order valence-electron chi connectivity index (χ3n) is 4.64. The minimum absolute atomic E-state index is 0.116. The lowest BCUT2D eigenvalue weighted by atomic mass is 9.92. The highest BCUT2D eigenvalue weighted by Gasteiger charge is 2.44. The molecule has 150 valence electrons. The normalized spacial score (nSPS) is 16.9. The van der Waals surface area contributed by atoms with Gasteiger partial charge in [0.1, 0.15) is 16.2 Å². The molecule has 27 heavy (non-hydrogen) atoms. The van der Waals surface area contributed by atoms with Gasteiger partial charge in [0.25, 0.3) is 0 Å². The van der Waals surface area contributed by atoms with Crippen LogP contribution in [0, 0.1) is 0 Å².